The average Bonchev–Trinajstić information content (AvgIpc) is 3.34. The van der Waals surface area contributed by atoms with Gasteiger partial charge in [0.05, 0.1) is 23.4 Å². The highest BCUT2D eigenvalue weighted by Crippen LogP contribution is 2.29. The van der Waals surface area contributed by atoms with Crippen molar-refractivity contribution in [1.29, 1.82) is 0 Å². The third kappa shape index (κ3) is 4.44. The molecule has 0 unspecified atom stereocenters. The highest BCUT2D eigenvalue weighted by atomic mass is 32.1. The van der Waals surface area contributed by atoms with Gasteiger partial charge >= 0.3 is 5.91 Å². The van der Waals surface area contributed by atoms with Crippen molar-refractivity contribution in [2.24, 2.45) is 4.99 Å². The quantitative estimate of drug-likeness (QED) is 0.453. The number of anilines is 1. The fraction of sp³-hybridized carbons (Fsp3) is 0.261. The molecule has 4 aromatic rings. The minimum atomic E-state index is -0.483. The number of para-hydroxylation sites is 1. The van der Waals surface area contributed by atoms with Crippen molar-refractivity contribution >= 4 is 50.0 Å². The van der Waals surface area contributed by atoms with Crippen molar-refractivity contribution in [1.82, 2.24) is 4.57 Å². The second-order valence-corrected chi connectivity index (χ2v) is 8.04. The Kier molecular flexibility index (Phi) is 6.38. The maximum absolute atomic E-state index is 13.0. The maximum Gasteiger partial charge on any atom is 0.315 e. The van der Waals surface area contributed by atoms with Crippen LogP contribution in [0.3, 0.4) is 0 Å². The second-order valence-electron chi connectivity index (χ2n) is 7.03. The van der Waals surface area contributed by atoms with Crippen LogP contribution in [0.15, 0.2) is 51.9 Å². The first-order valence-electron chi connectivity index (χ1n) is 10.1. The number of hydrogen-bond donors (Lipinski definition) is 1. The van der Waals surface area contributed by atoms with Gasteiger partial charge in [0.2, 0.25) is 5.91 Å². The molecule has 166 valence electrons. The number of carbonyl (C=O) groups excluding carboxylic acids is 2. The topological polar surface area (TPSA) is 95.1 Å². The van der Waals surface area contributed by atoms with E-state index in [9.17, 15) is 9.59 Å². The van der Waals surface area contributed by atoms with Crippen LogP contribution in [0.25, 0.3) is 21.2 Å². The first-order chi connectivity index (χ1) is 15.5. The van der Waals surface area contributed by atoms with Gasteiger partial charge in [-0.1, -0.05) is 23.5 Å². The van der Waals surface area contributed by atoms with E-state index in [-0.39, 0.29) is 11.7 Å². The normalized spacial score (nSPS) is 11.9. The minimum Gasteiger partial charge on any atom is -0.490 e. The van der Waals surface area contributed by atoms with Crippen LogP contribution >= 0.6 is 11.3 Å². The number of amides is 2. The van der Waals surface area contributed by atoms with E-state index in [0.29, 0.717) is 41.6 Å². The number of ether oxygens (including phenoxy) is 2. The average molecular weight is 454 g/mol. The minimum absolute atomic E-state index is 0.141. The van der Waals surface area contributed by atoms with Crippen LogP contribution < -0.4 is 14.9 Å². The monoisotopic (exact) mass is 453 g/mol. The molecule has 0 spiro atoms. The van der Waals surface area contributed by atoms with Crippen molar-refractivity contribution in [2.75, 3.05) is 25.6 Å². The molecule has 0 radical (unpaired) electrons. The zero-order valence-electron chi connectivity index (χ0n) is 18.0. The summed E-state index contributed by atoms with van der Waals surface area (Å²) in [7, 11) is 1.62. The summed E-state index contributed by atoms with van der Waals surface area (Å²) >= 11 is 1.36. The molecule has 2 amide bonds. The number of hydrogen-bond acceptors (Lipinski definition) is 6. The predicted molar refractivity (Wildman–Crippen MR) is 123 cm³/mol. The summed E-state index contributed by atoms with van der Waals surface area (Å²) in [4.78, 5) is 29.2. The van der Waals surface area contributed by atoms with Gasteiger partial charge in [-0.3, -0.25) is 9.59 Å². The van der Waals surface area contributed by atoms with Gasteiger partial charge in [-0.2, -0.15) is 4.99 Å². The molecule has 8 nitrogen and oxygen atoms in total. The van der Waals surface area contributed by atoms with Gasteiger partial charge in [0.25, 0.3) is 0 Å². The molecular weight excluding hydrogens is 430 g/mol. The molecule has 0 aliphatic heterocycles. The number of aromatic nitrogens is 1. The van der Waals surface area contributed by atoms with Crippen LogP contribution in [-0.2, 0) is 16.1 Å². The summed E-state index contributed by atoms with van der Waals surface area (Å²) in [5, 5.41) is 3.55. The van der Waals surface area contributed by atoms with Crippen molar-refractivity contribution in [3.05, 3.63) is 53.0 Å². The van der Waals surface area contributed by atoms with Gasteiger partial charge in [0.15, 0.2) is 21.9 Å². The third-order valence-corrected chi connectivity index (χ3v) is 5.78. The summed E-state index contributed by atoms with van der Waals surface area (Å²) in [6.07, 6.45) is 0. The molecule has 2 aromatic heterocycles. The Morgan fingerprint density at radius 3 is 2.81 bits per heavy atom. The number of furan rings is 1. The number of nitrogens with zero attached hydrogens (tertiary/aromatic N) is 2. The first kappa shape index (κ1) is 21.8. The van der Waals surface area contributed by atoms with E-state index < -0.39 is 5.91 Å². The molecule has 0 aliphatic carbocycles. The lowest BCUT2D eigenvalue weighted by atomic mass is 10.2. The lowest BCUT2D eigenvalue weighted by Gasteiger charge is -2.05. The maximum atomic E-state index is 13.0. The number of benzene rings is 2. The zero-order chi connectivity index (χ0) is 22.7. The van der Waals surface area contributed by atoms with Crippen LogP contribution in [0, 0.1) is 0 Å². The molecule has 0 saturated heterocycles. The van der Waals surface area contributed by atoms with Gasteiger partial charge in [-0.15, -0.1) is 0 Å². The molecule has 2 heterocycles. The summed E-state index contributed by atoms with van der Waals surface area (Å²) in [5.41, 5.74) is 2.11. The van der Waals surface area contributed by atoms with E-state index in [1.165, 1.54) is 18.3 Å². The first-order valence-corrected chi connectivity index (χ1v) is 11.0. The Bertz CT molecular complexity index is 1370. The number of rotatable bonds is 7. The summed E-state index contributed by atoms with van der Waals surface area (Å²) in [6, 6.07) is 12.8. The highest BCUT2D eigenvalue weighted by Gasteiger charge is 2.16. The smallest absolute Gasteiger partial charge is 0.315 e. The van der Waals surface area contributed by atoms with Gasteiger partial charge in [0.1, 0.15) is 0 Å². The van der Waals surface area contributed by atoms with Gasteiger partial charge in [0, 0.05) is 31.7 Å². The molecule has 9 heteroatoms. The van der Waals surface area contributed by atoms with E-state index in [1.807, 2.05) is 41.8 Å². The zero-order valence-corrected chi connectivity index (χ0v) is 18.8. The van der Waals surface area contributed by atoms with Crippen molar-refractivity contribution in [3.8, 4) is 5.75 Å². The number of carbonyl (C=O) groups is 2. The molecule has 1 N–H and O–H groups in total. The fourth-order valence-electron chi connectivity index (χ4n) is 3.39. The summed E-state index contributed by atoms with van der Waals surface area (Å²) in [6.45, 7) is 4.83. The van der Waals surface area contributed by atoms with Crippen molar-refractivity contribution in [2.45, 2.75) is 20.4 Å². The Hall–Kier alpha value is -3.43. The van der Waals surface area contributed by atoms with Gasteiger partial charge in [-0.05, 0) is 37.3 Å². The Morgan fingerprint density at radius 1 is 1.22 bits per heavy atom. The lowest BCUT2D eigenvalue weighted by Crippen LogP contribution is -2.19. The Morgan fingerprint density at radius 2 is 2.06 bits per heavy atom. The molecule has 4 rings (SSSR count). The Balaban J connectivity index is 1.77. The molecule has 32 heavy (non-hydrogen) atoms. The van der Waals surface area contributed by atoms with Crippen LogP contribution in [0.5, 0.6) is 5.75 Å². The number of thiazole rings is 1. The van der Waals surface area contributed by atoms with Crippen LogP contribution in [0.2, 0.25) is 0 Å². The summed E-state index contributed by atoms with van der Waals surface area (Å²) in [5.74, 6) is 0.0985. The van der Waals surface area contributed by atoms with E-state index >= 15 is 0 Å². The number of methoxy groups -OCH3 is 1. The molecular formula is C23H23N3O5S. The van der Waals surface area contributed by atoms with E-state index in [2.05, 4.69) is 10.3 Å². The molecule has 2 aromatic carbocycles. The van der Waals surface area contributed by atoms with Crippen molar-refractivity contribution in [3.63, 3.8) is 0 Å². The van der Waals surface area contributed by atoms with Gasteiger partial charge in [-0.25, -0.2) is 0 Å². The SMILES string of the molecule is CCOc1cccc2cc(C(=O)N=c3sc4cc(NC(C)=O)ccc4n3CCOC)oc12. The largest absolute Gasteiger partial charge is 0.490 e. The van der Waals surface area contributed by atoms with E-state index in [0.717, 1.165) is 15.6 Å². The molecule has 0 aliphatic rings. The number of nitrogens with one attached hydrogen (secondary N) is 1. The third-order valence-electron chi connectivity index (χ3n) is 4.74. The van der Waals surface area contributed by atoms with Crippen LogP contribution in [0.4, 0.5) is 5.69 Å². The summed E-state index contributed by atoms with van der Waals surface area (Å²) < 4.78 is 19.4. The van der Waals surface area contributed by atoms with Crippen LogP contribution in [0.1, 0.15) is 24.4 Å². The fourth-order valence-corrected chi connectivity index (χ4v) is 4.48. The van der Waals surface area contributed by atoms with E-state index in [1.54, 1.807) is 19.2 Å². The molecule has 0 bridgehead atoms. The molecule has 0 fully saturated rings. The van der Waals surface area contributed by atoms with E-state index in [4.69, 9.17) is 13.9 Å². The predicted octanol–water partition coefficient (Wildman–Crippen LogP) is 4.19. The number of fused-ring (bicyclic) bond motifs is 2. The Labute approximate surface area is 188 Å². The highest BCUT2D eigenvalue weighted by molar-refractivity contribution is 7.16. The standard InChI is InChI=1S/C23H23N3O5S/c1-4-30-18-7-5-6-15-12-19(31-21(15)18)22(28)25-23-26(10-11-29-3)17-9-8-16(24-14(2)27)13-20(17)32-23/h5-9,12-13H,4,10-11H2,1-3H3,(H,24,27). The molecule has 0 atom stereocenters. The van der Waals surface area contributed by atoms with Crippen LogP contribution in [-0.4, -0.2) is 36.7 Å². The molecule has 0 saturated carbocycles. The second kappa shape index (κ2) is 9.37. The lowest BCUT2D eigenvalue weighted by molar-refractivity contribution is -0.114. The van der Waals surface area contributed by atoms with Crippen molar-refractivity contribution < 1.29 is 23.5 Å². The van der Waals surface area contributed by atoms with Gasteiger partial charge < -0.3 is 23.8 Å².